The summed E-state index contributed by atoms with van der Waals surface area (Å²) in [5, 5.41) is 50.3. The van der Waals surface area contributed by atoms with Crippen LogP contribution in [-0.2, 0) is 45.0 Å². The van der Waals surface area contributed by atoms with Crippen molar-refractivity contribution >= 4 is 115 Å². The van der Waals surface area contributed by atoms with Gasteiger partial charge in [0.25, 0.3) is 17.7 Å². The zero-order chi connectivity index (χ0) is 91.9. The van der Waals surface area contributed by atoms with Gasteiger partial charge in [0.05, 0.1) is 57.1 Å². The summed E-state index contributed by atoms with van der Waals surface area (Å²) in [5.74, 6) is -9.19. The summed E-state index contributed by atoms with van der Waals surface area (Å²) in [5.41, 5.74) is 1.82. The Bertz CT molecular complexity index is 6070. The number of rotatable bonds is 9. The lowest BCUT2D eigenvalue weighted by atomic mass is 9.78. The van der Waals surface area contributed by atoms with Gasteiger partial charge in [-0.25, -0.2) is 26.3 Å². The fraction of sp³-hybridized carbons (Fsp3) is 0.417. The second kappa shape index (κ2) is 34.9. The van der Waals surface area contributed by atoms with Crippen molar-refractivity contribution < 1.29 is 84.2 Å². The molecule has 18 rings (SSSR count). The number of aliphatic hydroxyl groups is 1. The highest BCUT2D eigenvalue weighted by Crippen LogP contribution is 2.52. The lowest BCUT2D eigenvalue weighted by Crippen LogP contribution is -2.53. The first-order chi connectivity index (χ1) is 61.6. The average Bonchev–Trinajstić information content (AvgIpc) is 1.57. The third kappa shape index (κ3) is 16.3. The Hall–Kier alpha value is -13.5. The number of anilines is 3. The summed E-state index contributed by atoms with van der Waals surface area (Å²) in [6.45, 7) is 11.7. The van der Waals surface area contributed by atoms with Crippen LogP contribution in [0.25, 0.3) is 32.7 Å². The van der Waals surface area contributed by atoms with Gasteiger partial charge in [-0.3, -0.25) is 52.7 Å². The predicted octanol–water partition coefficient (Wildman–Crippen LogP) is 13.9. The number of carbonyl (C=O) groups excluding carboxylic acids is 11. The van der Waals surface area contributed by atoms with E-state index in [0.717, 1.165) is 36.4 Å². The Morgan fingerprint density at radius 1 is 0.419 bits per heavy atom. The van der Waals surface area contributed by atoms with Crippen LogP contribution in [0.5, 0.6) is 0 Å². The smallest absolute Gasteiger partial charge is 0.270 e. The number of fused-ring (bicyclic) bond motifs is 9. The Kier molecular flexibility index (Phi) is 24.1. The molecule has 9 amide bonds. The summed E-state index contributed by atoms with van der Waals surface area (Å²) in [4.78, 5) is 169. The zero-order valence-electron chi connectivity index (χ0n) is 71.7. The fourth-order valence-corrected chi connectivity index (χ4v) is 20.3. The molecule has 12 bridgehead atoms. The molecule has 3 aromatic heterocycles. The second-order valence-electron chi connectivity index (χ2n) is 36.7. The van der Waals surface area contributed by atoms with Crippen LogP contribution in [0.3, 0.4) is 0 Å². The molecule has 0 saturated carbocycles. The first-order valence-corrected chi connectivity index (χ1v) is 43.7. The maximum Gasteiger partial charge on any atom is 0.270 e. The van der Waals surface area contributed by atoms with Crippen LogP contribution in [0.15, 0.2) is 109 Å². The van der Waals surface area contributed by atoms with E-state index in [1.54, 1.807) is 48.5 Å². The van der Waals surface area contributed by atoms with Crippen molar-refractivity contribution in [3.05, 3.63) is 195 Å². The molecule has 33 heteroatoms. The SMILES string of the molecule is CC(C)C[C@H]1C(=O)N2C[C@]3(C[C@H]2C#N)C(=O)Nc2ccc(cc23)C(=O)CCCCN1C(=O)c1cc2c(F)cc(F)cc2[nH]1.CC(C)C[C@H]1C(=O)N2C[C@]3(C[C@H]2C#N)C(=O)Nc2ccc(cc23)C(=O)CCCCN1C(=O)c1cc2c(F)cc(F)cc2[nH]1.CC(C)C[C@H]1C(=O)N2C[C@]3(C[C@H]2C#N)C(=O)Nc2ccc(cc23)C(O)CCCCN1C(=O)c1cc2c(F)cc(F)cc2[nH]1. The quantitative estimate of drug-likeness (QED) is 0.0660. The Balaban J connectivity index is 0.000000142. The third-order valence-corrected chi connectivity index (χ3v) is 26.8. The number of aromatic amines is 3. The molecule has 0 radical (unpaired) electrons. The first-order valence-electron chi connectivity index (χ1n) is 43.7. The number of Topliss-reactive ketones (excluding diaryl/α,β-unsaturated/α-hetero) is 2. The monoisotopic (exact) mass is 1760 g/mol. The van der Waals surface area contributed by atoms with Gasteiger partial charge in [-0.2, -0.15) is 15.8 Å². The molecule has 9 aliphatic heterocycles. The van der Waals surface area contributed by atoms with Crippen molar-refractivity contribution in [1.29, 1.82) is 15.8 Å². The molecule has 129 heavy (non-hydrogen) atoms. The number of carbonyl (C=O) groups is 11. The highest BCUT2D eigenvalue weighted by molar-refractivity contribution is 6.12. The van der Waals surface area contributed by atoms with E-state index < -0.39 is 129 Å². The van der Waals surface area contributed by atoms with Gasteiger partial charge in [-0.05, 0) is 189 Å². The summed E-state index contributed by atoms with van der Waals surface area (Å²) in [6.07, 6.45) is 3.65. The van der Waals surface area contributed by atoms with E-state index in [9.17, 15) is 100.0 Å². The number of aliphatic hydroxyl groups excluding tert-OH is 1. The van der Waals surface area contributed by atoms with Gasteiger partial charge in [0.15, 0.2) is 11.6 Å². The molecule has 3 fully saturated rings. The molecule has 10 atom stereocenters. The normalized spacial score (nSPS) is 24.5. The third-order valence-electron chi connectivity index (χ3n) is 26.8. The van der Waals surface area contributed by atoms with E-state index in [2.05, 4.69) is 49.1 Å². The number of amides is 9. The second-order valence-corrected chi connectivity index (χ2v) is 36.7. The molecular formula is C96H95F6N15O12. The number of nitrogens with zero attached hydrogens (tertiary/aromatic N) is 9. The highest BCUT2D eigenvalue weighted by Gasteiger charge is 2.61. The van der Waals surface area contributed by atoms with Crippen LogP contribution in [0.4, 0.5) is 43.4 Å². The minimum Gasteiger partial charge on any atom is -0.388 e. The number of hydrogen-bond donors (Lipinski definition) is 7. The molecule has 9 aromatic rings. The standard InChI is InChI=1S/C32H33F2N5O4.2C32H31F2N5O4/c3*1-17(2)9-27-30(42)39-16-32(14-20(39)15-35)22-10-18(6-7-24(22)37-31(32)43)28(40)5-3-4-8-38(27)29(41)26-13-21-23(34)11-19(33)12-25(21)36-26/h6-7,10-13,17,20,27-28,36,40H,3-5,8-9,14,16H2,1-2H3,(H,37,43);2*6-7,10-13,17,20,27,36H,3-5,8-9,14,16H2,1-2H3,(H,37,43)/t20-,27-,28?,32-;2*20-,27-,32-/m000/s1. The number of benzene rings is 6. The molecule has 3 saturated heterocycles. The van der Waals surface area contributed by atoms with Crippen molar-refractivity contribution in [2.45, 2.75) is 196 Å². The largest absolute Gasteiger partial charge is 0.388 e. The van der Waals surface area contributed by atoms with E-state index >= 15 is 0 Å². The van der Waals surface area contributed by atoms with Gasteiger partial charge < -0.3 is 65.4 Å². The molecule has 0 aliphatic carbocycles. The highest BCUT2D eigenvalue weighted by atomic mass is 19.2. The number of nitrogens with one attached hydrogen (secondary N) is 6. The topological polar surface area (TPSA) is 382 Å². The number of nitriles is 3. The van der Waals surface area contributed by atoms with Crippen molar-refractivity contribution in [3.8, 4) is 18.2 Å². The molecule has 27 nitrogen and oxygen atoms in total. The van der Waals surface area contributed by atoms with Crippen LogP contribution in [-0.4, -0.2) is 190 Å². The van der Waals surface area contributed by atoms with Gasteiger partial charge in [0, 0.05) is 134 Å². The van der Waals surface area contributed by atoms with Crippen molar-refractivity contribution in [2.75, 3.05) is 55.2 Å². The van der Waals surface area contributed by atoms with Crippen molar-refractivity contribution in [2.24, 2.45) is 17.8 Å². The van der Waals surface area contributed by atoms with Gasteiger partial charge in [-0.1, -0.05) is 47.6 Å². The van der Waals surface area contributed by atoms with Crippen LogP contribution >= 0.6 is 0 Å². The number of halogens is 6. The number of hydrogen-bond acceptors (Lipinski definition) is 15. The Morgan fingerprint density at radius 3 is 1.05 bits per heavy atom. The number of aromatic nitrogens is 3. The van der Waals surface area contributed by atoms with Crippen LogP contribution < -0.4 is 16.0 Å². The molecule has 9 aliphatic rings. The summed E-state index contributed by atoms with van der Waals surface area (Å²) in [7, 11) is 0. The Morgan fingerprint density at radius 2 is 0.729 bits per heavy atom. The molecule has 7 N–H and O–H groups in total. The van der Waals surface area contributed by atoms with E-state index in [1.165, 1.54) is 47.6 Å². The van der Waals surface area contributed by atoms with E-state index in [4.69, 9.17) is 0 Å². The summed E-state index contributed by atoms with van der Waals surface area (Å²) in [6, 6.07) is 25.7. The van der Waals surface area contributed by atoms with Gasteiger partial charge in [-0.15, -0.1) is 0 Å². The fourth-order valence-electron chi connectivity index (χ4n) is 20.3. The summed E-state index contributed by atoms with van der Waals surface area (Å²) >= 11 is 0. The Labute approximate surface area is 737 Å². The van der Waals surface area contributed by atoms with Gasteiger partial charge in [0.1, 0.15) is 88.2 Å². The summed E-state index contributed by atoms with van der Waals surface area (Å²) < 4.78 is 85.3. The van der Waals surface area contributed by atoms with E-state index in [-0.39, 0.29) is 187 Å². The lowest BCUT2D eigenvalue weighted by molar-refractivity contribution is -0.138. The van der Waals surface area contributed by atoms with Crippen molar-refractivity contribution in [3.63, 3.8) is 0 Å². The van der Waals surface area contributed by atoms with Gasteiger partial charge in [0.2, 0.25) is 35.4 Å². The van der Waals surface area contributed by atoms with Gasteiger partial charge >= 0.3 is 0 Å². The molecular weight excluding hydrogens is 1670 g/mol. The van der Waals surface area contributed by atoms with E-state index in [1.807, 2.05) is 47.6 Å². The maximum absolute atomic E-state index is 14.5. The van der Waals surface area contributed by atoms with Crippen molar-refractivity contribution in [1.82, 2.24) is 44.4 Å². The lowest BCUT2D eigenvalue weighted by Gasteiger charge is -2.35. The first kappa shape index (κ1) is 88.9. The zero-order valence-corrected chi connectivity index (χ0v) is 71.7. The average molecular weight is 1760 g/mol. The van der Waals surface area contributed by atoms with E-state index in [0.29, 0.717) is 95.4 Å². The minimum absolute atomic E-state index is 0.00623. The van der Waals surface area contributed by atoms with Crippen LogP contribution in [0.1, 0.15) is 218 Å². The predicted molar refractivity (Wildman–Crippen MR) is 460 cm³/mol. The molecule has 6 aromatic carbocycles. The van der Waals surface area contributed by atoms with Crippen LogP contribution in [0.2, 0.25) is 0 Å². The van der Waals surface area contributed by atoms with Crippen LogP contribution in [0, 0.1) is 86.7 Å². The molecule has 668 valence electrons. The number of H-pyrrole nitrogens is 3. The molecule has 3 spiro atoms. The maximum atomic E-state index is 14.5. The minimum atomic E-state index is -1.21. The number of ketones is 2. The molecule has 12 heterocycles. The molecule has 1 unspecified atom stereocenters.